The summed E-state index contributed by atoms with van der Waals surface area (Å²) in [6.45, 7) is 18.0. The number of benzene rings is 2. The molecular weight excluding hydrogens is 576 g/mol. The van der Waals surface area contributed by atoms with Gasteiger partial charge in [-0.2, -0.15) is 0 Å². The number of ether oxygens (including phenoxy) is 5. The van der Waals surface area contributed by atoms with Crippen LogP contribution in [0.1, 0.15) is 65.5 Å². The number of aliphatic hydroxyl groups is 2. The van der Waals surface area contributed by atoms with Crippen LogP contribution in [-0.2, 0) is 36.6 Å². The fourth-order valence-electron chi connectivity index (χ4n) is 5.33. The molecule has 44 heavy (non-hydrogen) atoms. The van der Waals surface area contributed by atoms with Crippen molar-refractivity contribution in [2.45, 2.75) is 122 Å². The summed E-state index contributed by atoms with van der Waals surface area (Å²) in [5.41, 5.74) is 1.29. The van der Waals surface area contributed by atoms with Gasteiger partial charge < -0.3 is 38.3 Å². The first kappa shape index (κ1) is 36.6. The first-order chi connectivity index (χ1) is 20.5. The fourth-order valence-corrected chi connectivity index (χ4v) is 6.49. The van der Waals surface area contributed by atoms with Crippen LogP contribution in [-0.4, -0.2) is 75.7 Å². The van der Waals surface area contributed by atoms with E-state index < -0.39 is 37.8 Å². The Morgan fingerprint density at radius 3 is 2.07 bits per heavy atom. The van der Waals surface area contributed by atoms with Crippen LogP contribution in [0.2, 0.25) is 18.1 Å². The Morgan fingerprint density at radius 1 is 0.909 bits per heavy atom. The summed E-state index contributed by atoms with van der Waals surface area (Å²) < 4.78 is 37.4. The maximum Gasteiger partial charge on any atom is 0.204 e. The molecule has 1 aliphatic heterocycles. The average Bonchev–Trinajstić information content (AvgIpc) is 2.98. The highest BCUT2D eigenvalue weighted by Crippen LogP contribution is 2.46. The number of rotatable bonds is 15. The number of hydrogen-bond donors (Lipinski definition) is 2. The van der Waals surface area contributed by atoms with Gasteiger partial charge in [0.25, 0.3) is 0 Å². The highest BCUT2D eigenvalue weighted by molar-refractivity contribution is 6.74. The summed E-state index contributed by atoms with van der Waals surface area (Å²) in [6.07, 6.45) is -2.76. The first-order valence-electron chi connectivity index (χ1n) is 15.7. The van der Waals surface area contributed by atoms with E-state index in [9.17, 15) is 10.2 Å². The lowest BCUT2D eigenvalue weighted by Crippen LogP contribution is -2.67. The summed E-state index contributed by atoms with van der Waals surface area (Å²) in [5, 5.41) is 22.6. The van der Waals surface area contributed by atoms with Gasteiger partial charge in [0.2, 0.25) is 5.79 Å². The maximum atomic E-state index is 11.4. The van der Waals surface area contributed by atoms with Crippen molar-refractivity contribution in [2.75, 3.05) is 20.8 Å². The Bertz CT molecular complexity index is 1130. The van der Waals surface area contributed by atoms with Crippen molar-refractivity contribution >= 4 is 8.32 Å². The van der Waals surface area contributed by atoms with Crippen molar-refractivity contribution in [3.63, 3.8) is 0 Å². The molecule has 2 aromatic carbocycles. The quantitative estimate of drug-likeness (QED) is 0.216. The second-order valence-corrected chi connectivity index (χ2v) is 19.0. The normalized spacial score (nSPS) is 24.6. The molecule has 0 aromatic heterocycles. The zero-order valence-corrected chi connectivity index (χ0v) is 29.5. The van der Waals surface area contributed by atoms with E-state index >= 15 is 0 Å². The van der Waals surface area contributed by atoms with Gasteiger partial charge >= 0.3 is 0 Å². The Hall–Kier alpha value is -1.82. The summed E-state index contributed by atoms with van der Waals surface area (Å²) in [5.74, 6) is -0.712. The average molecular weight is 633 g/mol. The molecule has 0 spiro atoms. The van der Waals surface area contributed by atoms with Crippen molar-refractivity contribution in [1.29, 1.82) is 0 Å². The van der Waals surface area contributed by atoms with Crippen LogP contribution in [0.25, 0.3) is 0 Å². The Labute approximate surface area is 266 Å². The summed E-state index contributed by atoms with van der Waals surface area (Å²) >= 11 is 0. The van der Waals surface area contributed by atoms with E-state index in [1.54, 1.807) is 7.11 Å². The van der Waals surface area contributed by atoms with Gasteiger partial charge in [0.05, 0.1) is 44.7 Å². The molecule has 2 aromatic rings. The zero-order chi connectivity index (χ0) is 32.8. The molecular formula is C35H56O8Si. The third kappa shape index (κ3) is 8.91. The lowest BCUT2D eigenvalue weighted by atomic mass is 9.76. The minimum absolute atomic E-state index is 0.0156. The van der Waals surface area contributed by atoms with Crippen molar-refractivity contribution < 1.29 is 38.3 Å². The van der Waals surface area contributed by atoms with E-state index in [-0.39, 0.29) is 23.7 Å². The fraction of sp³-hybridized carbons (Fsp3) is 0.657. The van der Waals surface area contributed by atoms with Crippen LogP contribution in [0, 0.1) is 5.41 Å². The highest BCUT2D eigenvalue weighted by atomic mass is 28.4. The molecule has 0 radical (unpaired) electrons. The van der Waals surface area contributed by atoms with Crippen LogP contribution in [0.15, 0.2) is 54.6 Å². The van der Waals surface area contributed by atoms with Crippen molar-refractivity contribution in [2.24, 2.45) is 5.41 Å². The number of aliphatic hydroxyl groups excluding tert-OH is 2. The molecule has 2 N–H and O–H groups in total. The highest BCUT2D eigenvalue weighted by Gasteiger charge is 2.59. The largest absolute Gasteiger partial charge is 0.497 e. The van der Waals surface area contributed by atoms with Gasteiger partial charge in [-0.05, 0) is 48.3 Å². The minimum atomic E-state index is -2.11. The molecule has 1 heterocycles. The lowest BCUT2D eigenvalue weighted by molar-refractivity contribution is -0.378. The molecule has 0 amide bonds. The first-order valence-corrected chi connectivity index (χ1v) is 18.6. The molecule has 0 saturated carbocycles. The Morgan fingerprint density at radius 2 is 1.50 bits per heavy atom. The minimum Gasteiger partial charge on any atom is -0.497 e. The maximum absolute atomic E-state index is 11.4. The molecule has 3 rings (SSSR count). The molecule has 1 fully saturated rings. The number of methoxy groups -OCH3 is 2. The molecule has 1 unspecified atom stereocenters. The van der Waals surface area contributed by atoms with Crippen molar-refractivity contribution in [3.05, 3.63) is 65.7 Å². The Kier molecular flexibility index (Phi) is 12.6. The second-order valence-electron chi connectivity index (χ2n) is 14.2. The third-order valence-electron chi connectivity index (χ3n) is 9.44. The molecule has 1 saturated heterocycles. The monoisotopic (exact) mass is 632 g/mol. The summed E-state index contributed by atoms with van der Waals surface area (Å²) in [7, 11) is 1.06. The number of hydrogen-bond acceptors (Lipinski definition) is 8. The zero-order valence-electron chi connectivity index (χ0n) is 28.5. The predicted octanol–water partition coefficient (Wildman–Crippen LogP) is 6.48. The molecule has 0 aliphatic carbocycles. The van der Waals surface area contributed by atoms with Gasteiger partial charge in [0, 0.05) is 32.0 Å². The van der Waals surface area contributed by atoms with Gasteiger partial charge in [-0.15, -0.1) is 0 Å². The van der Waals surface area contributed by atoms with Gasteiger partial charge in [0.15, 0.2) is 8.32 Å². The SMILES string of the molecule is COc1ccc(COC(C[C@@H]2C[C@H](O)[C@H](O)[C@](OC)(C(C)(C)CO[Si](C)(C)C(C)(C)C)O2)[C@@H](C)OCc2ccccc2)cc1. The summed E-state index contributed by atoms with van der Waals surface area (Å²) in [4.78, 5) is 0. The smallest absolute Gasteiger partial charge is 0.204 e. The Balaban J connectivity index is 1.81. The van der Waals surface area contributed by atoms with E-state index in [2.05, 4.69) is 33.9 Å². The van der Waals surface area contributed by atoms with Crippen LogP contribution in [0.3, 0.4) is 0 Å². The molecule has 9 heteroatoms. The standard InChI is InChI=1S/C35H56O8Si/c1-25(40-22-26-14-12-11-13-15-26)31(41-23-27-16-18-28(38-7)19-17-27)21-29-20-30(36)32(37)35(39-8,43-29)34(5,6)24-42-44(9,10)33(2,3)4/h11-19,25,29-32,36-37H,20-24H2,1-10H3/t25-,29+,30+,31?,32+,35-/m1/s1. The molecule has 6 atom stereocenters. The topological polar surface area (TPSA) is 95.8 Å². The van der Waals surface area contributed by atoms with Crippen molar-refractivity contribution in [3.8, 4) is 5.75 Å². The predicted molar refractivity (Wildman–Crippen MR) is 175 cm³/mol. The van der Waals surface area contributed by atoms with Crippen LogP contribution < -0.4 is 4.74 Å². The summed E-state index contributed by atoms with van der Waals surface area (Å²) in [6, 6.07) is 17.8. The van der Waals surface area contributed by atoms with E-state index in [0.29, 0.717) is 26.2 Å². The van der Waals surface area contributed by atoms with Crippen molar-refractivity contribution in [1.82, 2.24) is 0 Å². The van der Waals surface area contributed by atoms with Gasteiger partial charge in [-0.25, -0.2) is 0 Å². The molecule has 0 bridgehead atoms. The van der Waals surface area contributed by atoms with Crippen LogP contribution in [0.4, 0.5) is 0 Å². The van der Waals surface area contributed by atoms with Gasteiger partial charge in [-0.3, -0.25) is 0 Å². The van der Waals surface area contributed by atoms with E-state index in [1.165, 1.54) is 7.11 Å². The lowest BCUT2D eigenvalue weighted by Gasteiger charge is -2.54. The van der Waals surface area contributed by atoms with Gasteiger partial charge in [0.1, 0.15) is 11.9 Å². The van der Waals surface area contributed by atoms with E-state index in [0.717, 1.165) is 16.9 Å². The molecule has 8 nitrogen and oxygen atoms in total. The van der Waals surface area contributed by atoms with E-state index in [1.807, 2.05) is 75.4 Å². The molecule has 1 aliphatic rings. The van der Waals surface area contributed by atoms with E-state index in [4.69, 9.17) is 28.1 Å². The van der Waals surface area contributed by atoms with Gasteiger partial charge in [-0.1, -0.05) is 77.1 Å². The van der Waals surface area contributed by atoms with Crippen LogP contribution >= 0.6 is 0 Å². The molecule has 248 valence electrons. The van der Waals surface area contributed by atoms with Crippen LogP contribution in [0.5, 0.6) is 5.75 Å². The third-order valence-corrected chi connectivity index (χ3v) is 13.9. The second kappa shape index (κ2) is 15.2.